The molecule has 0 atom stereocenters. The van der Waals surface area contributed by atoms with E-state index >= 15 is 0 Å². The SMILES string of the molecule is Cc1ncc(CO)c(/C=N/NC(=O)c2cccc(S(=O)(=O)N3CCOCC3)c2)c1O. The second kappa shape index (κ2) is 9.30. The van der Waals surface area contributed by atoms with E-state index in [0.29, 0.717) is 24.5 Å². The fourth-order valence-electron chi connectivity index (χ4n) is 2.88. The van der Waals surface area contributed by atoms with E-state index in [4.69, 9.17) is 4.74 Å². The molecule has 1 aliphatic rings. The van der Waals surface area contributed by atoms with Crippen LogP contribution >= 0.6 is 0 Å². The van der Waals surface area contributed by atoms with Crippen molar-refractivity contribution >= 4 is 22.1 Å². The molecule has 0 saturated carbocycles. The minimum Gasteiger partial charge on any atom is -0.505 e. The first kappa shape index (κ1) is 21.8. The molecule has 1 amide bonds. The zero-order valence-electron chi connectivity index (χ0n) is 16.3. The number of pyridine rings is 1. The van der Waals surface area contributed by atoms with Gasteiger partial charge in [-0.3, -0.25) is 9.78 Å². The van der Waals surface area contributed by atoms with E-state index in [-0.39, 0.29) is 41.5 Å². The zero-order valence-corrected chi connectivity index (χ0v) is 17.1. The first-order valence-corrected chi connectivity index (χ1v) is 10.6. The first-order chi connectivity index (χ1) is 14.3. The summed E-state index contributed by atoms with van der Waals surface area (Å²) in [6.07, 6.45) is 2.60. The van der Waals surface area contributed by atoms with Crippen molar-refractivity contribution in [2.75, 3.05) is 26.3 Å². The highest BCUT2D eigenvalue weighted by Gasteiger charge is 2.26. The van der Waals surface area contributed by atoms with E-state index in [1.54, 1.807) is 6.92 Å². The van der Waals surface area contributed by atoms with Gasteiger partial charge in [0.25, 0.3) is 5.91 Å². The van der Waals surface area contributed by atoms with Crippen molar-refractivity contribution in [3.63, 3.8) is 0 Å². The number of benzene rings is 1. The van der Waals surface area contributed by atoms with Crippen molar-refractivity contribution in [2.45, 2.75) is 18.4 Å². The van der Waals surface area contributed by atoms with Crippen LogP contribution in [0, 0.1) is 6.92 Å². The summed E-state index contributed by atoms with van der Waals surface area (Å²) < 4.78 is 32.0. The molecule has 10 nitrogen and oxygen atoms in total. The number of ether oxygens (including phenoxy) is 1. The van der Waals surface area contributed by atoms with Crippen LogP contribution in [-0.2, 0) is 21.4 Å². The van der Waals surface area contributed by atoms with Crippen LogP contribution < -0.4 is 5.43 Å². The fourth-order valence-corrected chi connectivity index (χ4v) is 4.33. The van der Waals surface area contributed by atoms with Gasteiger partial charge in [0.1, 0.15) is 5.75 Å². The molecule has 0 spiro atoms. The van der Waals surface area contributed by atoms with E-state index in [1.807, 2.05) is 0 Å². The minimum atomic E-state index is -3.73. The van der Waals surface area contributed by atoms with E-state index < -0.39 is 15.9 Å². The maximum atomic E-state index is 12.8. The van der Waals surface area contributed by atoms with Crippen LogP contribution in [0.4, 0.5) is 0 Å². The number of carbonyl (C=O) groups excluding carboxylic acids is 1. The topological polar surface area (TPSA) is 141 Å². The van der Waals surface area contributed by atoms with Crippen molar-refractivity contribution in [3.05, 3.63) is 52.8 Å². The highest BCUT2D eigenvalue weighted by atomic mass is 32.2. The Morgan fingerprint density at radius 1 is 1.37 bits per heavy atom. The number of amides is 1. The van der Waals surface area contributed by atoms with Crippen LogP contribution in [0.5, 0.6) is 5.75 Å². The maximum absolute atomic E-state index is 12.8. The van der Waals surface area contributed by atoms with Gasteiger partial charge in [-0.15, -0.1) is 0 Å². The van der Waals surface area contributed by atoms with E-state index in [2.05, 4.69) is 15.5 Å². The normalized spacial score (nSPS) is 15.4. The molecule has 3 N–H and O–H groups in total. The van der Waals surface area contributed by atoms with E-state index in [0.717, 1.165) is 0 Å². The lowest BCUT2D eigenvalue weighted by Crippen LogP contribution is -2.40. The number of aliphatic hydroxyl groups excluding tert-OH is 1. The summed E-state index contributed by atoms with van der Waals surface area (Å²) in [6, 6.07) is 5.66. The number of aromatic hydroxyl groups is 1. The highest BCUT2D eigenvalue weighted by molar-refractivity contribution is 7.89. The summed E-state index contributed by atoms with van der Waals surface area (Å²) in [5.41, 5.74) is 3.32. The molecule has 1 aliphatic heterocycles. The monoisotopic (exact) mass is 434 g/mol. The quantitative estimate of drug-likeness (QED) is 0.441. The van der Waals surface area contributed by atoms with Gasteiger partial charge in [-0.05, 0) is 25.1 Å². The number of hydrogen-bond donors (Lipinski definition) is 3. The lowest BCUT2D eigenvalue weighted by atomic mass is 10.1. The average molecular weight is 434 g/mol. The van der Waals surface area contributed by atoms with Gasteiger partial charge < -0.3 is 14.9 Å². The largest absolute Gasteiger partial charge is 0.505 e. The molecular weight excluding hydrogens is 412 g/mol. The molecule has 1 saturated heterocycles. The third kappa shape index (κ3) is 4.65. The third-order valence-corrected chi connectivity index (χ3v) is 6.49. The summed E-state index contributed by atoms with van der Waals surface area (Å²) in [7, 11) is -3.73. The molecule has 0 bridgehead atoms. The maximum Gasteiger partial charge on any atom is 0.271 e. The lowest BCUT2D eigenvalue weighted by Gasteiger charge is -2.26. The predicted molar refractivity (Wildman–Crippen MR) is 108 cm³/mol. The molecule has 2 aromatic rings. The summed E-state index contributed by atoms with van der Waals surface area (Å²) in [4.78, 5) is 16.4. The molecule has 0 aliphatic carbocycles. The van der Waals surface area contributed by atoms with Gasteiger partial charge in [-0.25, -0.2) is 13.8 Å². The number of carbonyl (C=O) groups is 1. The van der Waals surface area contributed by atoms with Crippen molar-refractivity contribution in [3.8, 4) is 5.75 Å². The molecule has 30 heavy (non-hydrogen) atoms. The van der Waals surface area contributed by atoms with Gasteiger partial charge in [0.2, 0.25) is 10.0 Å². The van der Waals surface area contributed by atoms with Crippen LogP contribution in [0.1, 0.15) is 27.2 Å². The second-order valence-electron chi connectivity index (χ2n) is 6.53. The Balaban J connectivity index is 1.77. The number of aryl methyl sites for hydroxylation is 1. The van der Waals surface area contributed by atoms with Crippen LogP contribution in [0.2, 0.25) is 0 Å². The van der Waals surface area contributed by atoms with Crippen molar-refractivity contribution in [1.82, 2.24) is 14.7 Å². The summed E-state index contributed by atoms with van der Waals surface area (Å²) in [5, 5.41) is 23.3. The Hall–Kier alpha value is -2.86. The Labute approximate surface area is 173 Å². The third-order valence-electron chi connectivity index (χ3n) is 4.59. The Morgan fingerprint density at radius 2 is 2.10 bits per heavy atom. The van der Waals surface area contributed by atoms with Gasteiger partial charge in [0, 0.05) is 36.0 Å². The number of sulfonamides is 1. The average Bonchev–Trinajstić information content (AvgIpc) is 2.77. The van der Waals surface area contributed by atoms with Gasteiger partial charge in [-0.1, -0.05) is 6.07 Å². The minimum absolute atomic E-state index is 0.00555. The Kier molecular flexibility index (Phi) is 6.77. The summed E-state index contributed by atoms with van der Waals surface area (Å²) >= 11 is 0. The number of aromatic nitrogens is 1. The molecule has 2 heterocycles. The summed E-state index contributed by atoms with van der Waals surface area (Å²) in [5.74, 6) is -0.778. The zero-order chi connectivity index (χ0) is 21.7. The lowest BCUT2D eigenvalue weighted by molar-refractivity contribution is 0.0730. The summed E-state index contributed by atoms with van der Waals surface area (Å²) in [6.45, 7) is 2.39. The van der Waals surface area contributed by atoms with Crippen LogP contribution in [0.3, 0.4) is 0 Å². The number of hydrogen-bond acceptors (Lipinski definition) is 8. The number of morpholine rings is 1. The number of rotatable bonds is 6. The predicted octanol–water partition coefficient (Wildman–Crippen LogP) is 0.373. The van der Waals surface area contributed by atoms with Gasteiger partial charge >= 0.3 is 0 Å². The second-order valence-corrected chi connectivity index (χ2v) is 8.47. The van der Waals surface area contributed by atoms with E-state index in [1.165, 1.54) is 41.0 Å². The number of hydrazone groups is 1. The molecule has 3 rings (SSSR count). The molecule has 1 fully saturated rings. The number of aliphatic hydroxyl groups is 1. The van der Waals surface area contributed by atoms with Crippen LogP contribution in [0.15, 0.2) is 40.5 Å². The molecule has 11 heteroatoms. The van der Waals surface area contributed by atoms with Crippen molar-refractivity contribution < 1.29 is 28.2 Å². The molecule has 0 radical (unpaired) electrons. The smallest absolute Gasteiger partial charge is 0.271 e. The van der Waals surface area contributed by atoms with E-state index in [9.17, 15) is 23.4 Å². The van der Waals surface area contributed by atoms with Crippen molar-refractivity contribution in [2.24, 2.45) is 5.10 Å². The first-order valence-electron chi connectivity index (χ1n) is 9.14. The standard InChI is InChI=1S/C19H22N4O6S/c1-13-18(25)17(15(12-24)10-20-13)11-21-22-19(26)14-3-2-4-16(9-14)30(27,28)23-5-7-29-8-6-23/h2-4,9-11,24-25H,5-8,12H2,1H3,(H,22,26)/b21-11+. The highest BCUT2D eigenvalue weighted by Crippen LogP contribution is 2.22. The van der Waals surface area contributed by atoms with Crippen molar-refractivity contribution in [1.29, 1.82) is 0 Å². The molecule has 1 aromatic carbocycles. The molecule has 0 unspecified atom stereocenters. The Morgan fingerprint density at radius 3 is 2.80 bits per heavy atom. The van der Waals surface area contributed by atoms with Gasteiger partial charge in [0.05, 0.1) is 36.6 Å². The fraction of sp³-hybridized carbons (Fsp3) is 0.316. The Bertz CT molecular complexity index is 1060. The molecule has 160 valence electrons. The van der Waals surface area contributed by atoms with Gasteiger partial charge in [-0.2, -0.15) is 9.41 Å². The van der Waals surface area contributed by atoms with Crippen LogP contribution in [-0.4, -0.2) is 66.3 Å². The number of nitrogens with zero attached hydrogens (tertiary/aromatic N) is 3. The molecular formula is C19H22N4O6S. The van der Waals surface area contributed by atoms with Crippen LogP contribution in [0.25, 0.3) is 0 Å². The molecule has 1 aromatic heterocycles. The number of nitrogens with one attached hydrogen (secondary N) is 1. The van der Waals surface area contributed by atoms with Gasteiger partial charge in [0.15, 0.2) is 0 Å².